The summed E-state index contributed by atoms with van der Waals surface area (Å²) in [6.45, 7) is 3.40. The predicted molar refractivity (Wildman–Crippen MR) is 59.8 cm³/mol. The van der Waals surface area contributed by atoms with Crippen molar-refractivity contribution in [2.45, 2.75) is 6.42 Å². The number of aliphatic imine (C=N–C) groups is 2. The lowest BCUT2D eigenvalue weighted by atomic mass is 10.1. The molecule has 1 N–H and O–H groups in total. The highest BCUT2D eigenvalue weighted by molar-refractivity contribution is 6.01. The largest absolute Gasteiger partial charge is 0.481 e. The summed E-state index contributed by atoms with van der Waals surface area (Å²) in [6.07, 6.45) is 0.0282. The second-order valence-corrected chi connectivity index (χ2v) is 2.97. The fourth-order valence-corrected chi connectivity index (χ4v) is 1.24. The highest BCUT2D eigenvalue weighted by atomic mass is 16.4. The zero-order valence-corrected chi connectivity index (χ0v) is 8.47. The van der Waals surface area contributed by atoms with Crippen molar-refractivity contribution in [1.82, 2.24) is 0 Å². The van der Waals surface area contributed by atoms with E-state index in [4.69, 9.17) is 5.11 Å². The molecular weight excluding hydrogens is 192 g/mol. The Balaban J connectivity index is 2.89. The maximum Gasteiger partial charge on any atom is 0.307 e. The highest BCUT2D eigenvalue weighted by Crippen LogP contribution is 2.07. The minimum Gasteiger partial charge on any atom is -0.481 e. The third-order valence-corrected chi connectivity index (χ3v) is 1.93. The molecule has 1 rings (SSSR count). The van der Waals surface area contributed by atoms with Crippen LogP contribution in [0.4, 0.5) is 0 Å². The topological polar surface area (TPSA) is 62.0 Å². The lowest BCUT2D eigenvalue weighted by Gasteiger charge is -2.01. The monoisotopic (exact) mass is 204 g/mol. The van der Waals surface area contributed by atoms with Crippen LogP contribution in [0.5, 0.6) is 0 Å². The summed E-state index contributed by atoms with van der Waals surface area (Å²) in [5.74, 6) is -0.286. The number of hydrogen-bond acceptors (Lipinski definition) is 2. The fraction of sp³-hybridized carbons (Fsp3) is 0.182. The molecule has 0 heterocycles. The Labute approximate surface area is 88.0 Å². The molecule has 0 saturated carbocycles. The number of aliphatic carboxylic acids is 1. The second kappa shape index (κ2) is 5.05. The number of rotatable bonds is 3. The molecule has 0 atom stereocenters. The first-order valence-electron chi connectivity index (χ1n) is 4.42. The van der Waals surface area contributed by atoms with E-state index >= 15 is 0 Å². The Hall–Kier alpha value is -1.97. The van der Waals surface area contributed by atoms with Crippen molar-refractivity contribution in [3.8, 4) is 0 Å². The summed E-state index contributed by atoms with van der Waals surface area (Å²) < 4.78 is 0. The molecule has 0 radical (unpaired) electrons. The zero-order valence-electron chi connectivity index (χ0n) is 8.47. The van der Waals surface area contributed by atoms with E-state index < -0.39 is 5.97 Å². The third-order valence-electron chi connectivity index (χ3n) is 1.93. The van der Waals surface area contributed by atoms with Crippen LogP contribution in [0.3, 0.4) is 0 Å². The summed E-state index contributed by atoms with van der Waals surface area (Å²) >= 11 is 0. The van der Waals surface area contributed by atoms with Gasteiger partial charge in [-0.2, -0.15) is 0 Å². The second-order valence-electron chi connectivity index (χ2n) is 2.97. The molecule has 0 saturated heterocycles. The first-order chi connectivity index (χ1) is 7.17. The smallest absolute Gasteiger partial charge is 0.307 e. The SMILES string of the molecule is C=NC(=NC)c1ccc(CC(=O)O)cc1. The van der Waals surface area contributed by atoms with Crippen LogP contribution in [-0.4, -0.2) is 30.7 Å². The molecule has 0 spiro atoms. The maximum absolute atomic E-state index is 10.4. The molecule has 0 unspecified atom stereocenters. The number of carboxylic acids is 1. The van der Waals surface area contributed by atoms with Gasteiger partial charge in [-0.3, -0.25) is 9.79 Å². The van der Waals surface area contributed by atoms with E-state index in [-0.39, 0.29) is 6.42 Å². The van der Waals surface area contributed by atoms with Gasteiger partial charge in [0.1, 0.15) is 0 Å². The van der Waals surface area contributed by atoms with Crippen LogP contribution in [-0.2, 0) is 11.2 Å². The number of carboxylic acid groups (broad SMARTS) is 1. The fourth-order valence-electron chi connectivity index (χ4n) is 1.24. The van der Waals surface area contributed by atoms with Crippen LogP contribution in [0.25, 0.3) is 0 Å². The van der Waals surface area contributed by atoms with Gasteiger partial charge in [-0.1, -0.05) is 24.3 Å². The van der Waals surface area contributed by atoms with Gasteiger partial charge in [-0.25, -0.2) is 4.99 Å². The minimum absolute atomic E-state index is 0.0282. The Morgan fingerprint density at radius 1 is 1.40 bits per heavy atom. The average Bonchev–Trinajstić information content (AvgIpc) is 2.21. The van der Waals surface area contributed by atoms with Gasteiger partial charge in [0.2, 0.25) is 0 Å². The predicted octanol–water partition coefficient (Wildman–Crippen LogP) is 1.39. The molecule has 0 fully saturated rings. The Bertz CT molecular complexity index is 394. The molecule has 4 heteroatoms. The average molecular weight is 204 g/mol. The van der Waals surface area contributed by atoms with Crippen LogP contribution < -0.4 is 0 Å². The Morgan fingerprint density at radius 2 is 2.00 bits per heavy atom. The minimum atomic E-state index is -0.839. The normalized spacial score (nSPS) is 11.1. The summed E-state index contributed by atoms with van der Waals surface area (Å²) in [4.78, 5) is 18.1. The van der Waals surface area contributed by atoms with Crippen molar-refractivity contribution >= 4 is 18.5 Å². The van der Waals surface area contributed by atoms with Crippen LogP contribution >= 0.6 is 0 Å². The first-order valence-corrected chi connectivity index (χ1v) is 4.42. The van der Waals surface area contributed by atoms with Gasteiger partial charge < -0.3 is 5.11 Å². The molecular formula is C11H12N2O2. The van der Waals surface area contributed by atoms with Crippen molar-refractivity contribution in [2.75, 3.05) is 7.05 Å². The molecule has 0 aromatic heterocycles. The number of nitrogens with zero attached hydrogens (tertiary/aromatic N) is 2. The van der Waals surface area contributed by atoms with Crippen LogP contribution in [0, 0.1) is 0 Å². The van der Waals surface area contributed by atoms with Crippen molar-refractivity contribution in [3.05, 3.63) is 35.4 Å². The number of hydrogen-bond donors (Lipinski definition) is 1. The van der Waals surface area contributed by atoms with Gasteiger partial charge in [0.25, 0.3) is 0 Å². The van der Waals surface area contributed by atoms with E-state index in [1.54, 1.807) is 31.3 Å². The maximum atomic E-state index is 10.4. The quantitative estimate of drug-likeness (QED) is 0.597. The number of carbonyl (C=O) groups is 1. The van der Waals surface area contributed by atoms with Gasteiger partial charge in [-0.15, -0.1) is 0 Å². The third kappa shape index (κ3) is 3.02. The van der Waals surface area contributed by atoms with E-state index in [0.717, 1.165) is 11.1 Å². The van der Waals surface area contributed by atoms with Gasteiger partial charge in [0.05, 0.1) is 6.42 Å². The molecule has 0 amide bonds. The van der Waals surface area contributed by atoms with Gasteiger partial charge in [-0.05, 0) is 12.3 Å². The van der Waals surface area contributed by atoms with E-state index in [1.807, 2.05) is 0 Å². The van der Waals surface area contributed by atoms with Crippen LogP contribution in [0.2, 0.25) is 0 Å². The molecule has 1 aromatic carbocycles. The Kier molecular flexibility index (Phi) is 3.74. The molecule has 0 aliphatic rings. The molecule has 0 bridgehead atoms. The molecule has 15 heavy (non-hydrogen) atoms. The van der Waals surface area contributed by atoms with Crippen molar-refractivity contribution in [1.29, 1.82) is 0 Å². The summed E-state index contributed by atoms with van der Waals surface area (Å²) in [6, 6.07) is 7.07. The molecule has 1 aromatic rings. The van der Waals surface area contributed by atoms with E-state index in [0.29, 0.717) is 5.84 Å². The van der Waals surface area contributed by atoms with Crippen LogP contribution in [0.1, 0.15) is 11.1 Å². The summed E-state index contributed by atoms with van der Waals surface area (Å²) in [5.41, 5.74) is 1.59. The lowest BCUT2D eigenvalue weighted by molar-refractivity contribution is -0.136. The number of benzene rings is 1. The van der Waals surface area contributed by atoms with Crippen molar-refractivity contribution in [2.24, 2.45) is 9.98 Å². The zero-order chi connectivity index (χ0) is 11.3. The lowest BCUT2D eigenvalue weighted by Crippen LogP contribution is -2.01. The first kappa shape index (κ1) is 11.1. The standard InChI is InChI=1S/C11H12N2O2/c1-12-11(13-2)9-5-3-8(4-6-9)7-10(14)15/h3-6H,1,7H2,2H3,(H,14,15). The summed E-state index contributed by atoms with van der Waals surface area (Å²) in [5, 5.41) is 8.59. The van der Waals surface area contributed by atoms with Crippen molar-refractivity contribution in [3.63, 3.8) is 0 Å². The number of amidine groups is 1. The van der Waals surface area contributed by atoms with E-state index in [9.17, 15) is 4.79 Å². The van der Waals surface area contributed by atoms with Gasteiger partial charge in [0.15, 0.2) is 5.84 Å². The van der Waals surface area contributed by atoms with E-state index in [1.165, 1.54) is 0 Å². The van der Waals surface area contributed by atoms with Gasteiger partial charge in [0, 0.05) is 12.6 Å². The summed E-state index contributed by atoms with van der Waals surface area (Å²) in [7, 11) is 1.63. The molecule has 78 valence electrons. The molecule has 0 aliphatic heterocycles. The van der Waals surface area contributed by atoms with E-state index in [2.05, 4.69) is 16.7 Å². The van der Waals surface area contributed by atoms with Crippen molar-refractivity contribution < 1.29 is 9.90 Å². The van der Waals surface area contributed by atoms with Gasteiger partial charge >= 0.3 is 5.97 Å². The molecule has 0 aliphatic carbocycles. The molecule has 4 nitrogen and oxygen atoms in total. The Morgan fingerprint density at radius 3 is 2.40 bits per heavy atom. The van der Waals surface area contributed by atoms with Crippen LogP contribution in [0.15, 0.2) is 34.3 Å². The highest BCUT2D eigenvalue weighted by Gasteiger charge is 2.02.